The van der Waals surface area contributed by atoms with Crippen molar-refractivity contribution in [3.05, 3.63) is 23.7 Å². The van der Waals surface area contributed by atoms with Crippen molar-refractivity contribution in [3.63, 3.8) is 0 Å². The van der Waals surface area contributed by atoms with E-state index >= 15 is 0 Å². The van der Waals surface area contributed by atoms with E-state index in [-0.39, 0.29) is 11.7 Å². The summed E-state index contributed by atoms with van der Waals surface area (Å²) in [6, 6.07) is 1.51. The van der Waals surface area contributed by atoms with Gasteiger partial charge in [0.05, 0.1) is 38.0 Å². The lowest BCUT2D eigenvalue weighted by Crippen LogP contribution is -2.37. The normalized spacial score (nSPS) is 20.4. The zero-order chi connectivity index (χ0) is 12.1. The molecule has 6 nitrogen and oxygen atoms in total. The topological polar surface area (TPSA) is 80.9 Å². The molecule has 6 heteroatoms. The predicted molar refractivity (Wildman–Crippen MR) is 57.9 cm³/mol. The SMILES string of the molecule is O=C(O)c1coc(CNCC2COCCO2)c1. The minimum atomic E-state index is -0.982. The molecule has 0 spiro atoms. The largest absolute Gasteiger partial charge is 0.478 e. The van der Waals surface area contributed by atoms with Gasteiger partial charge in [0.15, 0.2) is 0 Å². The zero-order valence-corrected chi connectivity index (χ0v) is 9.35. The standard InChI is InChI=1S/C11H15NO5/c13-11(14)8-3-9(17-6-8)4-12-5-10-7-15-1-2-16-10/h3,6,10,12H,1-2,4-5,7H2,(H,13,14). The van der Waals surface area contributed by atoms with E-state index in [0.29, 0.717) is 38.7 Å². The van der Waals surface area contributed by atoms with Crippen molar-refractivity contribution >= 4 is 5.97 Å². The Balaban J connectivity index is 1.71. The lowest BCUT2D eigenvalue weighted by atomic mass is 10.3. The molecule has 1 aliphatic rings. The molecule has 17 heavy (non-hydrogen) atoms. The van der Waals surface area contributed by atoms with Crippen molar-refractivity contribution in [1.29, 1.82) is 0 Å². The molecule has 1 saturated heterocycles. The van der Waals surface area contributed by atoms with Gasteiger partial charge in [-0.3, -0.25) is 0 Å². The van der Waals surface area contributed by atoms with Crippen LogP contribution in [0.1, 0.15) is 16.1 Å². The van der Waals surface area contributed by atoms with Gasteiger partial charge in [0, 0.05) is 6.54 Å². The molecule has 1 aliphatic heterocycles. The van der Waals surface area contributed by atoms with Gasteiger partial charge in [0.1, 0.15) is 12.0 Å². The molecular weight excluding hydrogens is 226 g/mol. The summed E-state index contributed by atoms with van der Waals surface area (Å²) < 4.78 is 15.8. The second-order valence-electron chi connectivity index (χ2n) is 3.81. The van der Waals surface area contributed by atoms with Gasteiger partial charge in [-0.05, 0) is 6.07 Å². The third-order valence-corrected chi connectivity index (χ3v) is 2.46. The number of carbonyl (C=O) groups is 1. The van der Waals surface area contributed by atoms with E-state index in [0.717, 1.165) is 0 Å². The van der Waals surface area contributed by atoms with E-state index in [1.165, 1.54) is 12.3 Å². The summed E-state index contributed by atoms with van der Waals surface area (Å²) in [5.74, 6) is -0.386. The minimum Gasteiger partial charge on any atom is -0.478 e. The zero-order valence-electron chi connectivity index (χ0n) is 9.35. The molecule has 0 saturated carbocycles. The molecule has 0 bridgehead atoms. The van der Waals surface area contributed by atoms with Gasteiger partial charge in [-0.25, -0.2) is 4.79 Å². The number of aromatic carboxylic acids is 1. The molecule has 2 N–H and O–H groups in total. The highest BCUT2D eigenvalue weighted by Crippen LogP contribution is 2.07. The molecule has 0 aliphatic carbocycles. The highest BCUT2D eigenvalue weighted by molar-refractivity contribution is 5.87. The summed E-state index contributed by atoms with van der Waals surface area (Å²) in [7, 11) is 0. The Bertz CT molecular complexity index is 370. The van der Waals surface area contributed by atoms with Gasteiger partial charge < -0.3 is 24.3 Å². The molecule has 0 amide bonds. The van der Waals surface area contributed by atoms with Gasteiger partial charge in [-0.1, -0.05) is 0 Å². The fraction of sp³-hybridized carbons (Fsp3) is 0.545. The second-order valence-corrected chi connectivity index (χ2v) is 3.81. The van der Waals surface area contributed by atoms with Crippen LogP contribution in [0.3, 0.4) is 0 Å². The number of nitrogens with one attached hydrogen (secondary N) is 1. The number of hydrogen-bond acceptors (Lipinski definition) is 5. The lowest BCUT2D eigenvalue weighted by Gasteiger charge is -2.22. The maximum absolute atomic E-state index is 10.6. The van der Waals surface area contributed by atoms with E-state index in [4.69, 9.17) is 19.0 Å². The Morgan fingerprint density at radius 2 is 2.41 bits per heavy atom. The maximum atomic E-state index is 10.6. The van der Waals surface area contributed by atoms with Crippen LogP contribution in [0.2, 0.25) is 0 Å². The summed E-state index contributed by atoms with van der Waals surface area (Å²) in [4.78, 5) is 10.6. The van der Waals surface area contributed by atoms with Crippen molar-refractivity contribution in [2.24, 2.45) is 0 Å². The molecule has 1 fully saturated rings. The number of carboxylic acid groups (broad SMARTS) is 1. The van der Waals surface area contributed by atoms with Crippen molar-refractivity contribution < 1.29 is 23.8 Å². The van der Waals surface area contributed by atoms with Gasteiger partial charge in [0.2, 0.25) is 0 Å². The van der Waals surface area contributed by atoms with Crippen molar-refractivity contribution in [2.45, 2.75) is 12.6 Å². The fourth-order valence-electron chi connectivity index (χ4n) is 1.60. The van der Waals surface area contributed by atoms with Crippen LogP contribution in [0.15, 0.2) is 16.7 Å². The van der Waals surface area contributed by atoms with Crippen molar-refractivity contribution in [3.8, 4) is 0 Å². The average molecular weight is 241 g/mol. The molecule has 94 valence electrons. The van der Waals surface area contributed by atoms with Crippen LogP contribution in [0.5, 0.6) is 0 Å². The monoisotopic (exact) mass is 241 g/mol. The van der Waals surface area contributed by atoms with E-state index in [9.17, 15) is 4.79 Å². The molecule has 0 radical (unpaired) electrons. The number of rotatable bonds is 5. The maximum Gasteiger partial charge on any atom is 0.338 e. The van der Waals surface area contributed by atoms with E-state index in [2.05, 4.69) is 5.32 Å². The number of furan rings is 1. The van der Waals surface area contributed by atoms with E-state index < -0.39 is 5.97 Å². The van der Waals surface area contributed by atoms with Crippen LogP contribution in [-0.4, -0.2) is 43.5 Å². The first-order valence-electron chi connectivity index (χ1n) is 5.46. The van der Waals surface area contributed by atoms with Crippen LogP contribution in [0, 0.1) is 0 Å². The van der Waals surface area contributed by atoms with Gasteiger partial charge in [-0.15, -0.1) is 0 Å². The van der Waals surface area contributed by atoms with Gasteiger partial charge >= 0.3 is 5.97 Å². The Morgan fingerprint density at radius 1 is 1.53 bits per heavy atom. The molecule has 2 heterocycles. The average Bonchev–Trinajstić information content (AvgIpc) is 2.79. The predicted octanol–water partition coefficient (Wildman–Crippen LogP) is 0.483. The highest BCUT2D eigenvalue weighted by Gasteiger charge is 2.14. The first kappa shape index (κ1) is 12.1. The Kier molecular flexibility index (Phi) is 4.13. The van der Waals surface area contributed by atoms with Crippen molar-refractivity contribution in [2.75, 3.05) is 26.4 Å². The van der Waals surface area contributed by atoms with E-state index in [1.54, 1.807) is 0 Å². The smallest absolute Gasteiger partial charge is 0.338 e. The lowest BCUT2D eigenvalue weighted by molar-refractivity contribution is -0.0865. The van der Waals surface area contributed by atoms with E-state index in [1.807, 2.05) is 0 Å². The Labute approximate surface area is 98.5 Å². The number of ether oxygens (including phenoxy) is 2. The van der Waals surface area contributed by atoms with Crippen LogP contribution < -0.4 is 5.32 Å². The molecule has 1 unspecified atom stereocenters. The van der Waals surface area contributed by atoms with Crippen molar-refractivity contribution in [1.82, 2.24) is 5.32 Å². The minimum absolute atomic E-state index is 0.0534. The molecule has 1 aromatic rings. The third kappa shape index (κ3) is 3.55. The summed E-state index contributed by atoms with van der Waals surface area (Å²) >= 11 is 0. The molecule has 1 aromatic heterocycles. The third-order valence-electron chi connectivity index (χ3n) is 2.46. The van der Waals surface area contributed by atoms with Crippen LogP contribution in [0.4, 0.5) is 0 Å². The molecular formula is C11H15NO5. The summed E-state index contributed by atoms with van der Waals surface area (Å²) in [5.41, 5.74) is 0.166. The number of carboxylic acids is 1. The number of hydrogen-bond donors (Lipinski definition) is 2. The second kappa shape index (κ2) is 5.81. The summed E-state index contributed by atoms with van der Waals surface area (Å²) in [5, 5.41) is 11.8. The van der Waals surface area contributed by atoms with Gasteiger partial charge in [-0.2, -0.15) is 0 Å². The van der Waals surface area contributed by atoms with Gasteiger partial charge in [0.25, 0.3) is 0 Å². The first-order chi connectivity index (χ1) is 8.25. The summed E-state index contributed by atoms with van der Waals surface area (Å²) in [6.45, 7) is 2.99. The summed E-state index contributed by atoms with van der Waals surface area (Å²) in [6.07, 6.45) is 1.29. The Morgan fingerprint density at radius 3 is 3.06 bits per heavy atom. The first-order valence-corrected chi connectivity index (χ1v) is 5.46. The Hall–Kier alpha value is -1.37. The quantitative estimate of drug-likeness (QED) is 0.780. The fourth-order valence-corrected chi connectivity index (χ4v) is 1.60. The van der Waals surface area contributed by atoms with Crippen LogP contribution >= 0.6 is 0 Å². The van der Waals surface area contributed by atoms with Crippen LogP contribution in [-0.2, 0) is 16.0 Å². The highest BCUT2D eigenvalue weighted by atomic mass is 16.6. The molecule has 0 aromatic carbocycles. The molecule has 2 rings (SSSR count). The van der Waals surface area contributed by atoms with Crippen LogP contribution in [0.25, 0.3) is 0 Å². The molecule has 1 atom stereocenters.